The van der Waals surface area contributed by atoms with Gasteiger partial charge < -0.3 is 34.3 Å². The maximum atomic E-state index is 14.0. The van der Waals surface area contributed by atoms with E-state index in [1.54, 1.807) is 34.9 Å². The molecular weight excluding hydrogens is 583 g/mol. The van der Waals surface area contributed by atoms with E-state index in [2.05, 4.69) is 20.0 Å². The molecule has 6 rings (SSSR count). The Balaban J connectivity index is 1.21. The van der Waals surface area contributed by atoms with E-state index < -0.39 is 43.8 Å². The number of carbonyl (C=O) groups is 1. The van der Waals surface area contributed by atoms with E-state index in [9.17, 15) is 14.5 Å². The molecule has 15 nitrogen and oxygen atoms in total. The molecule has 3 aromatic rings. The maximum absolute atomic E-state index is 14.0. The number of para-hydroxylation sites is 1. The molecule has 1 aliphatic carbocycles. The van der Waals surface area contributed by atoms with Gasteiger partial charge in [0, 0.05) is 6.42 Å². The molecule has 0 unspecified atom stereocenters. The van der Waals surface area contributed by atoms with Crippen LogP contribution in [0.5, 0.6) is 11.6 Å². The third-order valence-corrected chi connectivity index (χ3v) is 9.60. The number of methoxy groups -OCH3 is 1. The Morgan fingerprint density at radius 3 is 2.70 bits per heavy atom. The smallest absolute Gasteiger partial charge is 0.459 e. The highest BCUT2D eigenvalue weighted by Crippen LogP contribution is 2.51. The van der Waals surface area contributed by atoms with Crippen molar-refractivity contribution in [1.29, 1.82) is 0 Å². The molecule has 4 N–H and O–H groups in total. The van der Waals surface area contributed by atoms with Crippen molar-refractivity contribution in [1.82, 2.24) is 24.6 Å². The number of esters is 1. The van der Waals surface area contributed by atoms with Gasteiger partial charge >= 0.3 is 13.7 Å². The van der Waals surface area contributed by atoms with Gasteiger partial charge in [0.2, 0.25) is 11.8 Å². The highest BCUT2D eigenvalue weighted by atomic mass is 31.2. The van der Waals surface area contributed by atoms with Gasteiger partial charge in [-0.15, -0.1) is 0 Å². The minimum atomic E-state index is -4.20. The second-order valence-electron chi connectivity index (χ2n) is 10.8. The number of nitrogen functional groups attached to an aromatic ring is 1. The molecule has 2 aliphatic heterocycles. The summed E-state index contributed by atoms with van der Waals surface area (Å²) in [4.78, 5) is 25.5. The summed E-state index contributed by atoms with van der Waals surface area (Å²) in [6.07, 6.45) is 2.31. The summed E-state index contributed by atoms with van der Waals surface area (Å²) in [6, 6.07) is 7.42. The van der Waals surface area contributed by atoms with E-state index in [-0.39, 0.29) is 30.3 Å². The predicted octanol–water partition coefficient (Wildman–Crippen LogP) is 2.50. The van der Waals surface area contributed by atoms with Gasteiger partial charge in [0.25, 0.3) is 0 Å². The van der Waals surface area contributed by atoms with Crippen molar-refractivity contribution in [3.8, 4) is 11.6 Å². The van der Waals surface area contributed by atoms with Crippen LogP contribution in [0.15, 0.2) is 36.7 Å². The number of hydrogen-bond acceptors (Lipinski definition) is 13. The van der Waals surface area contributed by atoms with Crippen LogP contribution in [-0.4, -0.2) is 80.9 Å². The zero-order valence-corrected chi connectivity index (χ0v) is 24.7. The van der Waals surface area contributed by atoms with Gasteiger partial charge in [-0.25, -0.2) is 9.55 Å². The molecule has 3 aliphatic rings. The molecule has 6 atom stereocenters. The van der Waals surface area contributed by atoms with Crippen LogP contribution in [0.25, 0.3) is 11.2 Å². The van der Waals surface area contributed by atoms with Crippen molar-refractivity contribution in [2.75, 3.05) is 26.1 Å². The van der Waals surface area contributed by atoms with Crippen LogP contribution in [0.2, 0.25) is 0 Å². The van der Waals surface area contributed by atoms with Crippen LogP contribution >= 0.6 is 7.75 Å². The van der Waals surface area contributed by atoms with Crippen LogP contribution < -0.4 is 20.1 Å². The van der Waals surface area contributed by atoms with Gasteiger partial charge in [-0.3, -0.25) is 13.9 Å². The number of nitrogens with zero attached hydrogens (tertiary/aromatic N) is 4. The van der Waals surface area contributed by atoms with Gasteiger partial charge in [0.15, 0.2) is 17.4 Å². The lowest BCUT2D eigenvalue weighted by atomic mass is 9.86. The number of imidazole rings is 1. The lowest BCUT2D eigenvalue weighted by Crippen LogP contribution is -2.56. The van der Waals surface area contributed by atoms with Crippen LogP contribution in [0, 0.1) is 0 Å². The third kappa shape index (κ3) is 5.80. The van der Waals surface area contributed by atoms with Crippen molar-refractivity contribution in [3.05, 3.63) is 36.7 Å². The molecular formula is C27H35N6O9P. The van der Waals surface area contributed by atoms with Gasteiger partial charge in [-0.05, 0) is 44.7 Å². The third-order valence-electron chi connectivity index (χ3n) is 7.96. The molecule has 16 heteroatoms. The fourth-order valence-corrected chi connectivity index (χ4v) is 7.18. The number of aromatic nitrogens is 4. The van der Waals surface area contributed by atoms with Crippen molar-refractivity contribution < 1.29 is 42.5 Å². The summed E-state index contributed by atoms with van der Waals surface area (Å²) in [7, 11) is -2.76. The zero-order chi connectivity index (χ0) is 30.2. The van der Waals surface area contributed by atoms with Crippen LogP contribution in [0.4, 0.5) is 5.95 Å². The van der Waals surface area contributed by atoms with Crippen LogP contribution in [0.3, 0.4) is 0 Å². The van der Waals surface area contributed by atoms with E-state index in [4.69, 9.17) is 33.7 Å². The fraction of sp³-hybridized carbons (Fsp3) is 0.556. The predicted molar refractivity (Wildman–Crippen MR) is 151 cm³/mol. The number of aliphatic hydroxyl groups is 1. The normalized spacial score (nSPS) is 27.6. The van der Waals surface area contributed by atoms with Crippen LogP contribution in [0.1, 0.15) is 45.3 Å². The molecule has 2 saturated heterocycles. The lowest BCUT2D eigenvalue weighted by Gasteiger charge is -2.44. The summed E-state index contributed by atoms with van der Waals surface area (Å²) < 4.78 is 50.3. The van der Waals surface area contributed by atoms with Crippen LogP contribution in [-0.2, 0) is 28.1 Å². The summed E-state index contributed by atoms with van der Waals surface area (Å²) in [5.74, 6) is -0.141. The second-order valence-corrected chi connectivity index (χ2v) is 12.5. The molecule has 1 aromatic carbocycles. The number of anilines is 1. The molecule has 232 valence electrons. The summed E-state index contributed by atoms with van der Waals surface area (Å²) in [5.41, 5.74) is 5.42. The van der Waals surface area contributed by atoms with E-state index in [0.29, 0.717) is 24.2 Å². The zero-order valence-electron chi connectivity index (χ0n) is 23.8. The van der Waals surface area contributed by atoms with Gasteiger partial charge in [0.05, 0.1) is 26.7 Å². The Morgan fingerprint density at radius 2 is 2.02 bits per heavy atom. The molecule has 2 aromatic heterocycles. The molecule has 4 heterocycles. The minimum absolute atomic E-state index is 0.0289. The summed E-state index contributed by atoms with van der Waals surface area (Å²) in [5, 5.41) is 14.1. The molecule has 1 saturated carbocycles. The summed E-state index contributed by atoms with van der Waals surface area (Å²) in [6.45, 7) is 1.56. The maximum Gasteiger partial charge on any atom is 0.459 e. The quantitative estimate of drug-likeness (QED) is 0.210. The second kappa shape index (κ2) is 12.0. The highest BCUT2D eigenvalue weighted by Gasteiger charge is 2.62. The van der Waals surface area contributed by atoms with Gasteiger partial charge in [0.1, 0.15) is 35.7 Å². The largest absolute Gasteiger partial charge is 0.479 e. The van der Waals surface area contributed by atoms with E-state index in [0.717, 1.165) is 25.7 Å². The number of nitrogens with one attached hydrogen (secondary N) is 1. The first kappa shape index (κ1) is 29.7. The highest BCUT2D eigenvalue weighted by molar-refractivity contribution is 7.52. The topological polar surface area (TPSA) is 191 Å². The number of rotatable bonds is 11. The first-order valence-electron chi connectivity index (χ1n) is 14.2. The number of benzene rings is 1. The Morgan fingerprint density at radius 1 is 1.28 bits per heavy atom. The average molecular weight is 619 g/mol. The fourth-order valence-electron chi connectivity index (χ4n) is 5.68. The Labute approximate surface area is 247 Å². The van der Waals surface area contributed by atoms with Gasteiger partial charge in [-0.2, -0.15) is 15.1 Å². The summed E-state index contributed by atoms with van der Waals surface area (Å²) >= 11 is 0. The molecule has 0 bridgehead atoms. The molecule has 43 heavy (non-hydrogen) atoms. The SMILES string of the molecule is COc1nc(N)nc2c1ncn2[C@@H]1O[C@H](CO[P@](=O)(N[C@@H](C)C(=O)OC2CCCC2)Oc2ccccc2)[C@@H](O)[C@]12CCO2. The average Bonchev–Trinajstić information content (AvgIpc) is 3.69. The van der Waals surface area contributed by atoms with Crippen molar-refractivity contribution in [3.63, 3.8) is 0 Å². The Kier molecular flexibility index (Phi) is 8.28. The van der Waals surface area contributed by atoms with Gasteiger partial charge in [-0.1, -0.05) is 18.2 Å². The van der Waals surface area contributed by atoms with E-state index in [1.807, 2.05) is 0 Å². The number of aliphatic hydroxyl groups excluding tert-OH is 1. The van der Waals surface area contributed by atoms with Crippen molar-refractivity contribution in [2.24, 2.45) is 0 Å². The first-order chi connectivity index (χ1) is 20.7. The number of ether oxygens (including phenoxy) is 4. The standard InChI is InChI=1S/C27H35N6O9P/c1-16(24(35)40-17-8-6-7-9-17)32-43(36,42-18-10-4-3-5-11-18)39-14-19-21(34)27(12-13-38-27)25(41-19)33-15-29-20-22(33)30-26(28)31-23(20)37-2/h3-5,10-11,15-17,19,21,25,34H,6-9,12-14H2,1-2H3,(H,32,36)(H2,28,30,31)/t16-,19+,21+,25+,27+,43+/m0/s1. The number of hydrogen-bond donors (Lipinski definition) is 3. The number of fused-ring (bicyclic) bond motifs is 1. The van der Waals surface area contributed by atoms with E-state index >= 15 is 0 Å². The van der Waals surface area contributed by atoms with E-state index in [1.165, 1.54) is 20.4 Å². The molecule has 0 radical (unpaired) electrons. The Bertz CT molecular complexity index is 1500. The molecule has 1 spiro atoms. The Hall–Kier alpha value is -3.33. The monoisotopic (exact) mass is 618 g/mol. The molecule has 3 fully saturated rings. The minimum Gasteiger partial charge on any atom is -0.479 e. The van der Waals surface area contributed by atoms with Crippen molar-refractivity contribution in [2.45, 2.75) is 75.2 Å². The number of nitrogens with two attached hydrogens (primary N) is 1. The van der Waals surface area contributed by atoms with Crippen molar-refractivity contribution >= 4 is 30.8 Å². The first-order valence-corrected chi connectivity index (χ1v) is 15.7. The lowest BCUT2D eigenvalue weighted by molar-refractivity contribution is -0.225. The molecule has 0 amide bonds. The number of carbonyl (C=O) groups excluding carboxylic acids is 1.